The first-order valence-electron chi connectivity index (χ1n) is 4.19. The molecule has 2 aromatic rings. The van der Waals surface area contributed by atoms with Crippen molar-refractivity contribution >= 4 is 0 Å². The molecule has 6 heteroatoms. The maximum Gasteiger partial charge on any atom is 0.252 e. The summed E-state index contributed by atoms with van der Waals surface area (Å²) in [6.07, 6.45) is 4.70. The van der Waals surface area contributed by atoms with Gasteiger partial charge in [-0.25, -0.2) is 15.0 Å². The SMILES string of the molecule is Cc1nc(-n2cncn2)ncc1CN. The van der Waals surface area contributed by atoms with Crippen LogP contribution in [0.5, 0.6) is 0 Å². The first kappa shape index (κ1) is 8.76. The first-order valence-corrected chi connectivity index (χ1v) is 4.19. The van der Waals surface area contributed by atoms with Crippen molar-refractivity contribution in [3.8, 4) is 5.95 Å². The maximum atomic E-state index is 5.50. The molecule has 0 saturated heterocycles. The van der Waals surface area contributed by atoms with E-state index in [0.717, 1.165) is 11.3 Å². The van der Waals surface area contributed by atoms with E-state index in [4.69, 9.17) is 5.73 Å². The standard InChI is InChI=1S/C8H10N6/c1-6-7(2-9)3-11-8(13-6)14-5-10-4-12-14/h3-5H,2,9H2,1H3. The molecule has 0 fully saturated rings. The van der Waals surface area contributed by atoms with E-state index in [2.05, 4.69) is 20.1 Å². The van der Waals surface area contributed by atoms with Crippen molar-refractivity contribution in [2.45, 2.75) is 13.5 Å². The molecule has 0 atom stereocenters. The molecule has 0 aliphatic carbocycles. The first-order chi connectivity index (χ1) is 6.81. The number of nitrogens with two attached hydrogens (primary N) is 1. The summed E-state index contributed by atoms with van der Waals surface area (Å²) >= 11 is 0. The fourth-order valence-electron chi connectivity index (χ4n) is 1.10. The fourth-order valence-corrected chi connectivity index (χ4v) is 1.10. The van der Waals surface area contributed by atoms with Crippen LogP contribution in [0.15, 0.2) is 18.9 Å². The van der Waals surface area contributed by atoms with Gasteiger partial charge in [-0.2, -0.15) is 9.78 Å². The van der Waals surface area contributed by atoms with Gasteiger partial charge in [-0.1, -0.05) is 0 Å². The van der Waals surface area contributed by atoms with Crippen LogP contribution in [0.1, 0.15) is 11.3 Å². The number of hydrogen-bond donors (Lipinski definition) is 1. The van der Waals surface area contributed by atoms with E-state index in [1.165, 1.54) is 11.0 Å². The minimum absolute atomic E-state index is 0.448. The lowest BCUT2D eigenvalue weighted by atomic mass is 10.2. The maximum absolute atomic E-state index is 5.50. The summed E-state index contributed by atoms with van der Waals surface area (Å²) in [6.45, 7) is 2.34. The highest BCUT2D eigenvalue weighted by atomic mass is 15.4. The van der Waals surface area contributed by atoms with Crippen LogP contribution in [0.25, 0.3) is 5.95 Å². The third-order valence-electron chi connectivity index (χ3n) is 1.91. The molecule has 2 heterocycles. The van der Waals surface area contributed by atoms with Crippen molar-refractivity contribution < 1.29 is 0 Å². The Labute approximate surface area is 80.8 Å². The molecular formula is C8H10N6. The lowest BCUT2D eigenvalue weighted by molar-refractivity contribution is 0.790. The van der Waals surface area contributed by atoms with Gasteiger partial charge >= 0.3 is 0 Å². The second kappa shape index (κ2) is 3.51. The molecule has 0 unspecified atom stereocenters. The second-order valence-corrected chi connectivity index (χ2v) is 2.82. The van der Waals surface area contributed by atoms with Crippen molar-refractivity contribution in [1.29, 1.82) is 0 Å². The molecule has 0 aromatic carbocycles. The largest absolute Gasteiger partial charge is 0.326 e. The van der Waals surface area contributed by atoms with Gasteiger partial charge in [-0.3, -0.25) is 0 Å². The summed E-state index contributed by atoms with van der Waals surface area (Å²) in [7, 11) is 0. The van der Waals surface area contributed by atoms with Crippen LogP contribution in [0.4, 0.5) is 0 Å². The van der Waals surface area contributed by atoms with Crippen molar-refractivity contribution in [2.24, 2.45) is 5.73 Å². The summed E-state index contributed by atoms with van der Waals surface area (Å²) in [5.41, 5.74) is 7.31. The third-order valence-corrected chi connectivity index (χ3v) is 1.91. The Morgan fingerprint density at radius 3 is 2.93 bits per heavy atom. The molecule has 72 valence electrons. The molecule has 0 aliphatic rings. The monoisotopic (exact) mass is 190 g/mol. The van der Waals surface area contributed by atoms with Gasteiger partial charge in [0.2, 0.25) is 0 Å². The Balaban J connectivity index is 2.43. The molecule has 14 heavy (non-hydrogen) atoms. The lowest BCUT2D eigenvalue weighted by Gasteiger charge is -2.03. The van der Waals surface area contributed by atoms with E-state index in [-0.39, 0.29) is 0 Å². The lowest BCUT2D eigenvalue weighted by Crippen LogP contribution is -2.07. The molecule has 6 nitrogen and oxygen atoms in total. The van der Waals surface area contributed by atoms with Crippen LogP contribution >= 0.6 is 0 Å². The fraction of sp³-hybridized carbons (Fsp3) is 0.250. The van der Waals surface area contributed by atoms with Gasteiger partial charge in [0.1, 0.15) is 12.7 Å². The van der Waals surface area contributed by atoms with Crippen molar-refractivity contribution in [2.75, 3.05) is 0 Å². The second-order valence-electron chi connectivity index (χ2n) is 2.82. The molecule has 0 bridgehead atoms. The number of hydrogen-bond acceptors (Lipinski definition) is 5. The van der Waals surface area contributed by atoms with Crippen LogP contribution < -0.4 is 5.73 Å². The Bertz CT molecular complexity index is 421. The van der Waals surface area contributed by atoms with Gasteiger partial charge in [0.05, 0.1) is 0 Å². The Morgan fingerprint density at radius 1 is 1.50 bits per heavy atom. The molecule has 0 amide bonds. The van der Waals surface area contributed by atoms with Gasteiger partial charge in [-0.05, 0) is 6.92 Å². The van der Waals surface area contributed by atoms with Gasteiger partial charge in [0.15, 0.2) is 0 Å². The number of aryl methyl sites for hydroxylation is 1. The smallest absolute Gasteiger partial charge is 0.252 e. The highest BCUT2D eigenvalue weighted by molar-refractivity contribution is 5.20. The quantitative estimate of drug-likeness (QED) is 0.710. The van der Waals surface area contributed by atoms with Crippen molar-refractivity contribution in [3.63, 3.8) is 0 Å². The highest BCUT2D eigenvalue weighted by Crippen LogP contribution is 2.04. The van der Waals surface area contributed by atoms with Gasteiger partial charge in [-0.15, -0.1) is 0 Å². The highest BCUT2D eigenvalue weighted by Gasteiger charge is 2.03. The number of aromatic nitrogens is 5. The van der Waals surface area contributed by atoms with Crippen LogP contribution in [0, 0.1) is 6.92 Å². The Morgan fingerprint density at radius 2 is 2.36 bits per heavy atom. The average molecular weight is 190 g/mol. The van der Waals surface area contributed by atoms with Crippen LogP contribution in [-0.4, -0.2) is 24.7 Å². The summed E-state index contributed by atoms with van der Waals surface area (Å²) in [5, 5.41) is 3.93. The molecule has 0 spiro atoms. The molecule has 2 N–H and O–H groups in total. The Hall–Kier alpha value is -1.82. The molecule has 2 aromatic heterocycles. The zero-order chi connectivity index (χ0) is 9.97. The minimum Gasteiger partial charge on any atom is -0.326 e. The van der Waals surface area contributed by atoms with Crippen molar-refractivity contribution in [1.82, 2.24) is 24.7 Å². The van der Waals surface area contributed by atoms with Crippen molar-refractivity contribution in [3.05, 3.63) is 30.1 Å². The average Bonchev–Trinajstić information content (AvgIpc) is 2.70. The Kier molecular flexibility index (Phi) is 2.19. The van der Waals surface area contributed by atoms with E-state index in [0.29, 0.717) is 12.5 Å². The van der Waals surface area contributed by atoms with E-state index in [9.17, 15) is 0 Å². The zero-order valence-electron chi connectivity index (χ0n) is 7.75. The normalized spacial score (nSPS) is 10.4. The minimum atomic E-state index is 0.448. The number of nitrogens with zero attached hydrogens (tertiary/aromatic N) is 5. The van der Waals surface area contributed by atoms with E-state index >= 15 is 0 Å². The number of rotatable bonds is 2. The molecule has 2 rings (SSSR count). The molecule has 0 aliphatic heterocycles. The summed E-state index contributed by atoms with van der Waals surface area (Å²) in [4.78, 5) is 12.2. The summed E-state index contributed by atoms with van der Waals surface area (Å²) < 4.78 is 1.51. The molecular weight excluding hydrogens is 180 g/mol. The van der Waals surface area contributed by atoms with Crippen LogP contribution in [0.2, 0.25) is 0 Å². The van der Waals surface area contributed by atoms with Crippen LogP contribution in [0.3, 0.4) is 0 Å². The third kappa shape index (κ3) is 1.47. The van der Waals surface area contributed by atoms with E-state index in [1.54, 1.807) is 12.5 Å². The van der Waals surface area contributed by atoms with Gasteiger partial charge < -0.3 is 5.73 Å². The van der Waals surface area contributed by atoms with Gasteiger partial charge in [0, 0.05) is 24.0 Å². The van der Waals surface area contributed by atoms with E-state index < -0.39 is 0 Å². The predicted molar refractivity (Wildman–Crippen MR) is 49.6 cm³/mol. The van der Waals surface area contributed by atoms with Gasteiger partial charge in [0.25, 0.3) is 5.95 Å². The summed E-state index contributed by atoms with van der Waals surface area (Å²) in [5.74, 6) is 0.511. The predicted octanol–water partition coefficient (Wildman–Crippen LogP) is -0.176. The van der Waals surface area contributed by atoms with Crippen LogP contribution in [-0.2, 0) is 6.54 Å². The topological polar surface area (TPSA) is 82.5 Å². The zero-order valence-corrected chi connectivity index (χ0v) is 7.75. The molecule has 0 saturated carbocycles. The molecule has 0 radical (unpaired) electrons. The summed E-state index contributed by atoms with van der Waals surface area (Å²) in [6, 6.07) is 0. The van der Waals surface area contributed by atoms with E-state index in [1.807, 2.05) is 6.92 Å².